The van der Waals surface area contributed by atoms with Crippen molar-refractivity contribution in [2.45, 2.75) is 18.8 Å². The van der Waals surface area contributed by atoms with Gasteiger partial charge in [-0.15, -0.1) is 0 Å². The molecule has 0 unspecified atom stereocenters. The third kappa shape index (κ3) is 4.15. The number of aromatic nitrogens is 2. The van der Waals surface area contributed by atoms with Gasteiger partial charge in [0.05, 0.1) is 30.8 Å². The topological polar surface area (TPSA) is 64.4 Å². The largest absolute Gasteiger partial charge is 0.494 e. The van der Waals surface area contributed by atoms with Crippen LogP contribution in [0, 0.1) is 0 Å². The summed E-state index contributed by atoms with van der Waals surface area (Å²) in [7, 11) is -1.89. The van der Waals surface area contributed by atoms with Crippen LogP contribution in [-0.4, -0.2) is 29.6 Å². The molecule has 6 nitrogen and oxygen atoms in total. The van der Waals surface area contributed by atoms with Gasteiger partial charge in [0, 0.05) is 22.7 Å². The van der Waals surface area contributed by atoms with Crippen molar-refractivity contribution in [2.75, 3.05) is 7.11 Å². The normalized spacial score (nSPS) is 13.8. The van der Waals surface area contributed by atoms with Crippen molar-refractivity contribution in [3.8, 4) is 22.7 Å². The van der Waals surface area contributed by atoms with E-state index in [0.717, 1.165) is 33.8 Å². The summed E-state index contributed by atoms with van der Waals surface area (Å²) in [5.74, 6) is 0.642. The van der Waals surface area contributed by atoms with Gasteiger partial charge in [0.2, 0.25) is 10.0 Å². The SMILES string of the molecule is COc1ccccc1-n1nc2c(c1-c1ccc(Cl)cc1)CN(S(=O)(=O)Cc1ccccc1)C2. The predicted molar refractivity (Wildman–Crippen MR) is 129 cm³/mol. The number of nitrogens with zero attached hydrogens (tertiary/aromatic N) is 3. The summed E-state index contributed by atoms with van der Waals surface area (Å²) in [5.41, 5.74) is 4.92. The monoisotopic (exact) mass is 479 g/mol. The molecule has 1 aliphatic rings. The third-order valence-corrected chi connectivity index (χ3v) is 7.74. The molecular formula is C25H22ClN3O3S. The molecule has 168 valence electrons. The van der Waals surface area contributed by atoms with Gasteiger partial charge in [-0.25, -0.2) is 13.1 Å². The van der Waals surface area contributed by atoms with E-state index in [4.69, 9.17) is 21.4 Å². The summed E-state index contributed by atoms with van der Waals surface area (Å²) in [6, 6.07) is 24.4. The van der Waals surface area contributed by atoms with Crippen LogP contribution >= 0.6 is 11.6 Å². The Balaban J connectivity index is 1.57. The standard InChI is InChI=1S/C25H22ClN3O3S/c1-32-24-10-6-5-9-23(24)29-25(19-11-13-20(26)14-12-19)21-15-28(16-22(21)27-29)33(30,31)17-18-7-3-2-4-8-18/h2-14H,15-17H2,1H3. The summed E-state index contributed by atoms with van der Waals surface area (Å²) in [6.45, 7) is 0.491. The first-order chi connectivity index (χ1) is 16.0. The van der Waals surface area contributed by atoms with E-state index < -0.39 is 10.0 Å². The summed E-state index contributed by atoms with van der Waals surface area (Å²) < 4.78 is 35.2. The molecule has 0 saturated heterocycles. The minimum absolute atomic E-state index is 0.0408. The lowest BCUT2D eigenvalue weighted by Crippen LogP contribution is -2.27. The summed E-state index contributed by atoms with van der Waals surface area (Å²) >= 11 is 6.12. The highest BCUT2D eigenvalue weighted by molar-refractivity contribution is 7.88. The van der Waals surface area contributed by atoms with Crippen molar-refractivity contribution in [1.82, 2.24) is 14.1 Å². The Morgan fingerprint density at radius 1 is 0.939 bits per heavy atom. The molecule has 0 fully saturated rings. The van der Waals surface area contributed by atoms with Gasteiger partial charge in [-0.05, 0) is 29.8 Å². The van der Waals surface area contributed by atoms with Gasteiger partial charge in [-0.3, -0.25) is 0 Å². The minimum Gasteiger partial charge on any atom is -0.494 e. The Hall–Kier alpha value is -3.13. The highest BCUT2D eigenvalue weighted by atomic mass is 35.5. The number of hydrogen-bond donors (Lipinski definition) is 0. The quantitative estimate of drug-likeness (QED) is 0.388. The van der Waals surface area contributed by atoms with Crippen LogP contribution in [0.2, 0.25) is 5.02 Å². The van der Waals surface area contributed by atoms with Crippen molar-refractivity contribution < 1.29 is 13.2 Å². The molecule has 0 saturated carbocycles. The fourth-order valence-corrected chi connectivity index (χ4v) is 5.71. The molecule has 8 heteroatoms. The Bertz CT molecular complexity index is 1400. The van der Waals surface area contributed by atoms with Gasteiger partial charge in [0.1, 0.15) is 11.4 Å². The van der Waals surface area contributed by atoms with E-state index in [-0.39, 0.29) is 18.8 Å². The lowest BCUT2D eigenvalue weighted by Gasteiger charge is -2.18. The molecule has 0 N–H and O–H groups in total. The molecule has 1 aromatic heterocycles. The van der Waals surface area contributed by atoms with E-state index in [1.807, 2.05) is 83.5 Å². The first-order valence-electron chi connectivity index (χ1n) is 10.5. The van der Waals surface area contributed by atoms with E-state index in [1.54, 1.807) is 7.11 Å². The first-order valence-corrected chi connectivity index (χ1v) is 12.5. The smallest absolute Gasteiger partial charge is 0.218 e. The number of methoxy groups -OCH3 is 1. The molecule has 5 rings (SSSR count). The van der Waals surface area contributed by atoms with E-state index in [2.05, 4.69) is 0 Å². The zero-order chi connectivity index (χ0) is 23.0. The number of ether oxygens (including phenoxy) is 1. The van der Waals surface area contributed by atoms with Crippen molar-refractivity contribution in [2.24, 2.45) is 0 Å². The molecule has 0 radical (unpaired) electrons. The van der Waals surface area contributed by atoms with Crippen LogP contribution < -0.4 is 4.74 Å². The summed E-state index contributed by atoms with van der Waals surface area (Å²) in [5, 5.41) is 5.47. The second kappa shape index (κ2) is 8.67. The number of para-hydroxylation sites is 2. The lowest BCUT2D eigenvalue weighted by atomic mass is 10.1. The molecule has 0 amide bonds. The predicted octanol–water partition coefficient (Wildman–Crippen LogP) is 5.05. The molecular weight excluding hydrogens is 458 g/mol. The fourth-order valence-electron chi connectivity index (χ4n) is 4.14. The van der Waals surface area contributed by atoms with Crippen LogP contribution in [0.1, 0.15) is 16.8 Å². The Kier molecular flexibility index (Phi) is 5.70. The Labute approximate surface area is 198 Å². The van der Waals surface area contributed by atoms with E-state index in [9.17, 15) is 8.42 Å². The second-order valence-corrected chi connectivity index (χ2v) is 10.3. The van der Waals surface area contributed by atoms with Gasteiger partial charge in [0.25, 0.3) is 0 Å². The number of sulfonamides is 1. The van der Waals surface area contributed by atoms with Crippen LogP contribution in [0.15, 0.2) is 78.9 Å². The van der Waals surface area contributed by atoms with Crippen LogP contribution in [0.4, 0.5) is 0 Å². The Morgan fingerprint density at radius 3 is 2.36 bits per heavy atom. The molecule has 33 heavy (non-hydrogen) atoms. The van der Waals surface area contributed by atoms with Crippen LogP contribution in [0.25, 0.3) is 16.9 Å². The zero-order valence-electron chi connectivity index (χ0n) is 18.0. The van der Waals surface area contributed by atoms with Crippen LogP contribution in [0.3, 0.4) is 0 Å². The van der Waals surface area contributed by atoms with Crippen LogP contribution in [0.5, 0.6) is 5.75 Å². The summed E-state index contributed by atoms with van der Waals surface area (Å²) in [4.78, 5) is 0. The van der Waals surface area contributed by atoms with Gasteiger partial charge < -0.3 is 4.74 Å². The number of benzene rings is 3. The average Bonchev–Trinajstić information content (AvgIpc) is 3.39. The number of rotatable bonds is 6. The number of halogens is 1. The highest BCUT2D eigenvalue weighted by Gasteiger charge is 2.35. The number of fused-ring (bicyclic) bond motifs is 1. The van der Waals surface area contributed by atoms with Crippen molar-refractivity contribution in [1.29, 1.82) is 0 Å². The first kappa shape index (κ1) is 21.7. The summed E-state index contributed by atoms with van der Waals surface area (Å²) in [6.07, 6.45) is 0. The van der Waals surface area contributed by atoms with Gasteiger partial charge in [-0.2, -0.15) is 9.40 Å². The van der Waals surface area contributed by atoms with E-state index >= 15 is 0 Å². The minimum atomic E-state index is -3.51. The van der Waals surface area contributed by atoms with Crippen molar-refractivity contribution in [3.63, 3.8) is 0 Å². The molecule has 3 aromatic carbocycles. The molecule has 0 spiro atoms. The molecule has 0 aliphatic carbocycles. The molecule has 4 aromatic rings. The molecule has 2 heterocycles. The number of hydrogen-bond acceptors (Lipinski definition) is 4. The third-order valence-electron chi connectivity index (χ3n) is 5.74. The lowest BCUT2D eigenvalue weighted by molar-refractivity contribution is 0.410. The average molecular weight is 480 g/mol. The van der Waals surface area contributed by atoms with E-state index in [1.165, 1.54) is 4.31 Å². The maximum Gasteiger partial charge on any atom is 0.218 e. The van der Waals surface area contributed by atoms with Gasteiger partial charge in [-0.1, -0.05) is 66.2 Å². The fraction of sp³-hybridized carbons (Fsp3) is 0.160. The maximum atomic E-state index is 13.2. The Morgan fingerprint density at radius 2 is 1.64 bits per heavy atom. The van der Waals surface area contributed by atoms with E-state index in [0.29, 0.717) is 10.8 Å². The highest BCUT2D eigenvalue weighted by Crippen LogP contribution is 2.38. The van der Waals surface area contributed by atoms with Gasteiger partial charge in [0.15, 0.2) is 0 Å². The van der Waals surface area contributed by atoms with Gasteiger partial charge >= 0.3 is 0 Å². The van der Waals surface area contributed by atoms with Crippen LogP contribution in [-0.2, 0) is 28.9 Å². The zero-order valence-corrected chi connectivity index (χ0v) is 19.6. The van der Waals surface area contributed by atoms with Crippen molar-refractivity contribution in [3.05, 3.63) is 101 Å². The molecule has 0 bridgehead atoms. The van der Waals surface area contributed by atoms with Crippen molar-refractivity contribution >= 4 is 21.6 Å². The molecule has 1 aliphatic heterocycles. The maximum absolute atomic E-state index is 13.2. The second-order valence-electron chi connectivity index (χ2n) is 7.87. The molecule has 0 atom stereocenters.